The molecule has 5 heteroatoms. The molecular formula is C15H21N3OS. The zero-order chi connectivity index (χ0) is 14.6. The Hall–Kier alpha value is -1.49. The standard InChI is InChI=1S/C15H21N3OS/c1-3-15(4-2)9-17-14(20-10-15)18-12-7-5-6-11(8-12)13(16)19/h5-8H,3-4,9-10H2,1-2H3,(H2,16,19)(H,17,18). The summed E-state index contributed by atoms with van der Waals surface area (Å²) in [4.78, 5) is 15.8. The summed E-state index contributed by atoms with van der Waals surface area (Å²) in [5, 5.41) is 4.19. The molecule has 3 N–H and O–H groups in total. The van der Waals surface area contributed by atoms with Gasteiger partial charge in [0.05, 0.1) is 0 Å². The number of hydrogen-bond donors (Lipinski definition) is 2. The molecule has 0 radical (unpaired) electrons. The monoisotopic (exact) mass is 291 g/mol. The maximum atomic E-state index is 11.2. The third-order valence-electron chi connectivity index (χ3n) is 3.97. The fraction of sp³-hybridized carbons (Fsp3) is 0.467. The molecule has 0 saturated heterocycles. The Kier molecular flexibility index (Phi) is 4.70. The zero-order valence-electron chi connectivity index (χ0n) is 12.0. The van der Waals surface area contributed by atoms with Crippen LogP contribution in [-0.4, -0.2) is 23.4 Å². The van der Waals surface area contributed by atoms with Crippen molar-refractivity contribution in [1.82, 2.24) is 0 Å². The molecule has 20 heavy (non-hydrogen) atoms. The van der Waals surface area contributed by atoms with E-state index in [1.54, 1.807) is 23.9 Å². The van der Waals surface area contributed by atoms with Crippen molar-refractivity contribution in [3.05, 3.63) is 29.8 Å². The quantitative estimate of drug-likeness (QED) is 0.895. The number of nitrogens with zero attached hydrogens (tertiary/aromatic N) is 1. The molecule has 0 unspecified atom stereocenters. The molecule has 0 aliphatic carbocycles. The maximum Gasteiger partial charge on any atom is 0.248 e. The fourth-order valence-corrected chi connectivity index (χ4v) is 3.47. The first-order valence-corrected chi connectivity index (χ1v) is 7.91. The predicted octanol–water partition coefficient (Wildman–Crippen LogP) is 3.11. The van der Waals surface area contributed by atoms with Gasteiger partial charge in [0, 0.05) is 23.5 Å². The van der Waals surface area contributed by atoms with Crippen LogP contribution in [0.5, 0.6) is 0 Å². The number of carbonyl (C=O) groups excluding carboxylic acids is 1. The molecule has 1 amide bonds. The van der Waals surface area contributed by atoms with Gasteiger partial charge in [-0.2, -0.15) is 0 Å². The van der Waals surface area contributed by atoms with Gasteiger partial charge in [-0.15, -0.1) is 0 Å². The van der Waals surface area contributed by atoms with E-state index in [1.807, 2.05) is 12.1 Å². The van der Waals surface area contributed by atoms with E-state index in [-0.39, 0.29) is 0 Å². The summed E-state index contributed by atoms with van der Waals surface area (Å²) in [6.45, 7) is 5.33. The molecule has 1 aliphatic heterocycles. The number of aliphatic imine (C=N–C) groups is 1. The van der Waals surface area contributed by atoms with Crippen molar-refractivity contribution >= 4 is 28.5 Å². The molecule has 0 bridgehead atoms. The normalized spacial score (nSPS) is 17.4. The predicted molar refractivity (Wildman–Crippen MR) is 86.4 cm³/mol. The second-order valence-corrected chi connectivity index (χ2v) is 6.15. The molecule has 1 aromatic rings. The van der Waals surface area contributed by atoms with Gasteiger partial charge in [0.25, 0.3) is 0 Å². The van der Waals surface area contributed by atoms with Gasteiger partial charge in [0.2, 0.25) is 5.91 Å². The first kappa shape index (κ1) is 14.9. The third kappa shape index (κ3) is 3.33. The van der Waals surface area contributed by atoms with Gasteiger partial charge in [-0.3, -0.25) is 9.79 Å². The lowest BCUT2D eigenvalue weighted by Crippen LogP contribution is -2.32. The second kappa shape index (κ2) is 6.31. The Morgan fingerprint density at radius 3 is 2.75 bits per heavy atom. The number of thioether (sulfide) groups is 1. The van der Waals surface area contributed by atoms with Crippen LogP contribution in [0.25, 0.3) is 0 Å². The topological polar surface area (TPSA) is 67.5 Å². The van der Waals surface area contributed by atoms with E-state index in [1.165, 1.54) is 0 Å². The van der Waals surface area contributed by atoms with Crippen molar-refractivity contribution in [3.63, 3.8) is 0 Å². The molecular weight excluding hydrogens is 270 g/mol. The molecule has 1 heterocycles. The highest BCUT2D eigenvalue weighted by Crippen LogP contribution is 2.35. The number of nitrogens with two attached hydrogens (primary N) is 1. The van der Waals surface area contributed by atoms with Gasteiger partial charge in [0.1, 0.15) is 0 Å². The van der Waals surface area contributed by atoms with Gasteiger partial charge in [-0.05, 0) is 36.5 Å². The van der Waals surface area contributed by atoms with Crippen molar-refractivity contribution in [2.45, 2.75) is 26.7 Å². The number of anilines is 1. The SMILES string of the molecule is CCC1(CC)CN=C(Nc2cccc(C(N)=O)c2)SC1. The molecule has 0 atom stereocenters. The second-order valence-electron chi connectivity index (χ2n) is 5.19. The Bertz CT molecular complexity index is 524. The van der Waals surface area contributed by atoms with Crippen LogP contribution >= 0.6 is 11.8 Å². The van der Waals surface area contributed by atoms with Crippen molar-refractivity contribution in [3.8, 4) is 0 Å². The summed E-state index contributed by atoms with van der Waals surface area (Å²) in [5.41, 5.74) is 6.99. The number of hydrogen-bond acceptors (Lipinski definition) is 4. The minimum atomic E-state index is -0.414. The summed E-state index contributed by atoms with van der Waals surface area (Å²) < 4.78 is 0. The molecule has 4 nitrogen and oxygen atoms in total. The lowest BCUT2D eigenvalue weighted by molar-refractivity contribution is 0.100. The number of amides is 1. The largest absolute Gasteiger partial charge is 0.366 e. The van der Waals surface area contributed by atoms with E-state index >= 15 is 0 Å². The molecule has 108 valence electrons. The van der Waals surface area contributed by atoms with E-state index in [4.69, 9.17) is 5.73 Å². The van der Waals surface area contributed by atoms with E-state index in [2.05, 4.69) is 24.2 Å². The summed E-state index contributed by atoms with van der Waals surface area (Å²) in [6.07, 6.45) is 2.31. The molecule has 0 aromatic heterocycles. The van der Waals surface area contributed by atoms with E-state index in [9.17, 15) is 4.79 Å². The van der Waals surface area contributed by atoms with Gasteiger partial charge in [-0.25, -0.2) is 0 Å². The first-order chi connectivity index (χ1) is 9.58. The summed E-state index contributed by atoms with van der Waals surface area (Å²) in [7, 11) is 0. The van der Waals surface area contributed by atoms with E-state index in [0.29, 0.717) is 11.0 Å². The highest BCUT2D eigenvalue weighted by molar-refractivity contribution is 8.14. The first-order valence-electron chi connectivity index (χ1n) is 6.93. The highest BCUT2D eigenvalue weighted by atomic mass is 32.2. The van der Waals surface area contributed by atoms with Gasteiger partial charge < -0.3 is 11.1 Å². The number of carbonyl (C=O) groups is 1. The molecule has 0 fully saturated rings. The maximum absolute atomic E-state index is 11.2. The molecule has 0 saturated carbocycles. The summed E-state index contributed by atoms with van der Waals surface area (Å²) >= 11 is 1.75. The van der Waals surface area contributed by atoms with Crippen LogP contribution < -0.4 is 11.1 Å². The Morgan fingerprint density at radius 2 is 2.20 bits per heavy atom. The van der Waals surface area contributed by atoms with Gasteiger partial charge in [0.15, 0.2) is 5.17 Å². The number of primary amides is 1. The number of benzene rings is 1. The van der Waals surface area contributed by atoms with Crippen molar-refractivity contribution in [2.24, 2.45) is 16.1 Å². The van der Waals surface area contributed by atoms with Gasteiger partial charge in [-0.1, -0.05) is 31.7 Å². The lowest BCUT2D eigenvalue weighted by atomic mass is 9.84. The number of rotatable bonds is 4. The van der Waals surface area contributed by atoms with Crippen LogP contribution in [0.3, 0.4) is 0 Å². The van der Waals surface area contributed by atoms with Crippen molar-refractivity contribution < 1.29 is 4.79 Å². The highest BCUT2D eigenvalue weighted by Gasteiger charge is 2.30. The van der Waals surface area contributed by atoms with Crippen LogP contribution in [0.1, 0.15) is 37.0 Å². The van der Waals surface area contributed by atoms with Gasteiger partial charge >= 0.3 is 0 Å². The zero-order valence-corrected chi connectivity index (χ0v) is 12.8. The Labute approximate surface area is 124 Å². The smallest absolute Gasteiger partial charge is 0.248 e. The molecule has 1 aromatic carbocycles. The number of nitrogens with one attached hydrogen (secondary N) is 1. The van der Waals surface area contributed by atoms with Crippen molar-refractivity contribution in [2.75, 3.05) is 17.6 Å². The third-order valence-corrected chi connectivity index (χ3v) is 5.23. The average Bonchev–Trinajstić information content (AvgIpc) is 2.49. The van der Waals surface area contributed by atoms with Crippen LogP contribution in [0, 0.1) is 5.41 Å². The number of amidine groups is 1. The van der Waals surface area contributed by atoms with Crippen LogP contribution in [0.4, 0.5) is 5.69 Å². The van der Waals surface area contributed by atoms with Crippen molar-refractivity contribution in [1.29, 1.82) is 0 Å². The average molecular weight is 291 g/mol. The minimum absolute atomic E-state index is 0.338. The van der Waals surface area contributed by atoms with Crippen LogP contribution in [0.2, 0.25) is 0 Å². The molecule has 0 spiro atoms. The Balaban J connectivity index is 2.06. The lowest BCUT2D eigenvalue weighted by Gasteiger charge is -2.33. The Morgan fingerprint density at radius 1 is 1.45 bits per heavy atom. The van der Waals surface area contributed by atoms with Crippen LogP contribution in [0.15, 0.2) is 29.3 Å². The summed E-state index contributed by atoms with van der Waals surface area (Å²) in [5.74, 6) is 0.671. The molecule has 2 rings (SSSR count). The minimum Gasteiger partial charge on any atom is -0.366 e. The summed E-state index contributed by atoms with van der Waals surface area (Å²) in [6, 6.07) is 7.20. The van der Waals surface area contributed by atoms with E-state index in [0.717, 1.165) is 36.0 Å². The van der Waals surface area contributed by atoms with E-state index < -0.39 is 5.91 Å². The molecule has 1 aliphatic rings. The van der Waals surface area contributed by atoms with Crippen LogP contribution in [-0.2, 0) is 0 Å². The fourth-order valence-electron chi connectivity index (χ4n) is 2.18.